The summed E-state index contributed by atoms with van der Waals surface area (Å²) in [6, 6.07) is 0. The van der Waals surface area contributed by atoms with E-state index >= 15 is 0 Å². The molecule has 0 atom stereocenters. The highest BCUT2D eigenvalue weighted by Gasteiger charge is 2.08. The van der Waals surface area contributed by atoms with Crippen molar-refractivity contribution in [3.05, 3.63) is 0 Å². The van der Waals surface area contributed by atoms with Gasteiger partial charge in [-0.3, -0.25) is 0 Å². The zero-order valence-corrected chi connectivity index (χ0v) is 8.73. The fraction of sp³-hybridized carbons (Fsp3) is 1.00. The van der Waals surface area contributed by atoms with E-state index in [0.717, 1.165) is 25.7 Å². The summed E-state index contributed by atoms with van der Waals surface area (Å²) in [5.74, 6) is 0.215. The number of sulfonamides is 1. The molecule has 0 saturated carbocycles. The standard InChI is InChI=1S/C8H18NO2S/c1-3-5-7-9-12(10,11)8-6-4-2/h3-8H2,1-2H3. The van der Waals surface area contributed by atoms with E-state index in [4.69, 9.17) is 0 Å². The zero-order chi connectivity index (χ0) is 9.45. The highest BCUT2D eigenvalue weighted by molar-refractivity contribution is 7.89. The minimum absolute atomic E-state index is 0.215. The molecule has 0 aromatic carbocycles. The Hall–Kier alpha value is -0.0900. The van der Waals surface area contributed by atoms with E-state index < -0.39 is 10.0 Å². The molecular formula is C8H18NO2S. The Morgan fingerprint density at radius 2 is 1.67 bits per heavy atom. The van der Waals surface area contributed by atoms with Gasteiger partial charge in [0.15, 0.2) is 0 Å². The number of unbranched alkanes of at least 4 members (excludes halogenated alkanes) is 2. The second-order valence-corrected chi connectivity index (χ2v) is 4.68. The lowest BCUT2D eigenvalue weighted by atomic mass is 10.3. The van der Waals surface area contributed by atoms with Crippen LogP contribution in [0, 0.1) is 0 Å². The third-order valence-corrected chi connectivity index (χ3v) is 2.94. The van der Waals surface area contributed by atoms with Crippen LogP contribution in [0.5, 0.6) is 0 Å². The van der Waals surface area contributed by atoms with Gasteiger partial charge in [-0.2, -0.15) is 0 Å². The van der Waals surface area contributed by atoms with Crippen LogP contribution in [0.1, 0.15) is 39.5 Å². The van der Waals surface area contributed by atoms with Gasteiger partial charge in [0.25, 0.3) is 0 Å². The molecule has 1 radical (unpaired) electrons. The average Bonchev–Trinajstić information content (AvgIpc) is 2.01. The lowest BCUT2D eigenvalue weighted by molar-refractivity contribution is 0.573. The summed E-state index contributed by atoms with van der Waals surface area (Å²) in [7, 11) is -3.09. The van der Waals surface area contributed by atoms with E-state index in [1.807, 2.05) is 13.8 Å². The molecule has 0 aromatic heterocycles. The summed E-state index contributed by atoms with van der Waals surface area (Å²) < 4.78 is 25.9. The molecule has 0 heterocycles. The van der Waals surface area contributed by atoms with E-state index in [9.17, 15) is 8.42 Å². The van der Waals surface area contributed by atoms with Crippen LogP contribution in [0.4, 0.5) is 0 Å². The molecule has 73 valence electrons. The predicted octanol–water partition coefficient (Wildman–Crippen LogP) is 1.52. The number of rotatable bonds is 7. The average molecular weight is 192 g/mol. The van der Waals surface area contributed by atoms with Crippen molar-refractivity contribution in [3.63, 3.8) is 0 Å². The first-order valence-corrected chi connectivity index (χ1v) is 6.14. The SMILES string of the molecule is CCCC[N]S(=O)(=O)CCCC. The molecule has 0 aliphatic rings. The maximum absolute atomic E-state index is 11.1. The van der Waals surface area contributed by atoms with Gasteiger partial charge in [0.05, 0.1) is 5.75 Å². The lowest BCUT2D eigenvalue weighted by Gasteiger charge is -2.01. The fourth-order valence-corrected chi connectivity index (χ4v) is 1.94. The third kappa shape index (κ3) is 6.61. The van der Waals surface area contributed by atoms with Crippen LogP contribution in [-0.2, 0) is 10.0 Å². The summed E-state index contributed by atoms with van der Waals surface area (Å²) in [6.07, 6.45) is 3.48. The second-order valence-electron chi connectivity index (χ2n) is 2.85. The van der Waals surface area contributed by atoms with E-state index in [-0.39, 0.29) is 5.75 Å². The van der Waals surface area contributed by atoms with Crippen molar-refractivity contribution in [3.8, 4) is 0 Å². The molecule has 0 aromatic rings. The predicted molar refractivity (Wildman–Crippen MR) is 50.6 cm³/mol. The Morgan fingerprint density at radius 3 is 2.17 bits per heavy atom. The maximum Gasteiger partial charge on any atom is 0.227 e. The topological polar surface area (TPSA) is 48.2 Å². The van der Waals surface area contributed by atoms with Crippen LogP contribution in [0.3, 0.4) is 0 Å². The molecule has 0 aliphatic carbocycles. The van der Waals surface area contributed by atoms with Crippen molar-refractivity contribution in [2.24, 2.45) is 0 Å². The minimum atomic E-state index is -3.09. The lowest BCUT2D eigenvalue weighted by Crippen LogP contribution is -2.20. The van der Waals surface area contributed by atoms with Gasteiger partial charge in [0.2, 0.25) is 10.0 Å². The van der Waals surface area contributed by atoms with Crippen LogP contribution < -0.4 is 4.72 Å². The molecule has 0 unspecified atom stereocenters. The molecule has 0 N–H and O–H groups in total. The third-order valence-electron chi connectivity index (χ3n) is 1.56. The molecule has 0 fully saturated rings. The molecule has 3 nitrogen and oxygen atoms in total. The number of hydrogen-bond acceptors (Lipinski definition) is 2. The van der Waals surface area contributed by atoms with Gasteiger partial charge in [-0.25, -0.2) is 8.42 Å². The molecule has 0 aliphatic heterocycles. The van der Waals surface area contributed by atoms with Crippen molar-refractivity contribution in [1.29, 1.82) is 0 Å². The Labute approximate surface area is 75.6 Å². The minimum Gasteiger partial charge on any atom is -0.211 e. The number of nitrogens with zero attached hydrogens (tertiary/aromatic N) is 1. The summed E-state index contributed by atoms with van der Waals surface area (Å²) in [5.41, 5.74) is 0. The molecule has 0 rings (SSSR count). The van der Waals surface area contributed by atoms with Gasteiger partial charge in [0.1, 0.15) is 0 Å². The summed E-state index contributed by atoms with van der Waals surface area (Å²) in [6.45, 7) is 4.46. The Morgan fingerprint density at radius 1 is 1.08 bits per heavy atom. The van der Waals surface area contributed by atoms with Crippen LogP contribution in [0.2, 0.25) is 0 Å². The van der Waals surface area contributed by atoms with E-state index in [1.54, 1.807) is 0 Å². The van der Waals surface area contributed by atoms with Gasteiger partial charge in [0, 0.05) is 6.54 Å². The highest BCUT2D eigenvalue weighted by Crippen LogP contribution is 1.95. The monoisotopic (exact) mass is 192 g/mol. The van der Waals surface area contributed by atoms with Gasteiger partial charge in [-0.15, -0.1) is 4.72 Å². The smallest absolute Gasteiger partial charge is 0.211 e. The van der Waals surface area contributed by atoms with Gasteiger partial charge >= 0.3 is 0 Å². The normalized spacial score (nSPS) is 11.8. The maximum atomic E-state index is 11.1. The number of hydrogen-bond donors (Lipinski definition) is 0. The van der Waals surface area contributed by atoms with Crippen LogP contribution in [0.25, 0.3) is 0 Å². The first kappa shape index (κ1) is 11.9. The van der Waals surface area contributed by atoms with Crippen molar-refractivity contribution in [1.82, 2.24) is 4.72 Å². The van der Waals surface area contributed by atoms with Gasteiger partial charge in [-0.05, 0) is 12.8 Å². The quantitative estimate of drug-likeness (QED) is 0.574. The first-order valence-electron chi connectivity index (χ1n) is 4.54. The zero-order valence-electron chi connectivity index (χ0n) is 7.91. The molecule has 0 spiro atoms. The molecule has 0 saturated heterocycles. The van der Waals surface area contributed by atoms with E-state index in [0.29, 0.717) is 6.54 Å². The first-order chi connectivity index (χ1) is 5.62. The summed E-state index contributed by atoms with van der Waals surface area (Å²) >= 11 is 0. The van der Waals surface area contributed by atoms with Gasteiger partial charge < -0.3 is 0 Å². The van der Waals surface area contributed by atoms with E-state index in [2.05, 4.69) is 4.72 Å². The van der Waals surface area contributed by atoms with Crippen molar-refractivity contribution in [2.75, 3.05) is 12.3 Å². The molecular weight excluding hydrogens is 174 g/mol. The Balaban J connectivity index is 3.58. The fourth-order valence-electron chi connectivity index (χ4n) is 0.753. The van der Waals surface area contributed by atoms with Crippen molar-refractivity contribution >= 4 is 10.0 Å². The van der Waals surface area contributed by atoms with Gasteiger partial charge in [-0.1, -0.05) is 26.7 Å². The Kier molecular flexibility index (Phi) is 6.38. The molecule has 4 heteroatoms. The molecule has 12 heavy (non-hydrogen) atoms. The van der Waals surface area contributed by atoms with E-state index in [1.165, 1.54) is 0 Å². The largest absolute Gasteiger partial charge is 0.227 e. The van der Waals surface area contributed by atoms with Crippen LogP contribution >= 0.6 is 0 Å². The Bertz CT molecular complexity index is 187. The molecule has 0 bridgehead atoms. The summed E-state index contributed by atoms with van der Waals surface area (Å²) in [5, 5.41) is 0. The van der Waals surface area contributed by atoms with Crippen LogP contribution in [-0.4, -0.2) is 20.7 Å². The molecule has 0 amide bonds. The highest BCUT2D eigenvalue weighted by atomic mass is 32.2. The van der Waals surface area contributed by atoms with Crippen LogP contribution in [0.15, 0.2) is 0 Å². The summed E-state index contributed by atoms with van der Waals surface area (Å²) in [4.78, 5) is 0. The van der Waals surface area contributed by atoms with Crippen molar-refractivity contribution < 1.29 is 8.42 Å². The van der Waals surface area contributed by atoms with Crippen molar-refractivity contribution in [2.45, 2.75) is 39.5 Å². The second kappa shape index (κ2) is 6.43.